The van der Waals surface area contributed by atoms with Gasteiger partial charge in [0.05, 0.1) is 12.0 Å². The smallest absolute Gasteiger partial charge is 0.151 e. The lowest BCUT2D eigenvalue weighted by Gasteiger charge is -2.06. The molecule has 2 aromatic carbocycles. The van der Waals surface area contributed by atoms with Gasteiger partial charge in [-0.3, -0.25) is 5.10 Å². The summed E-state index contributed by atoms with van der Waals surface area (Å²) in [5.41, 5.74) is 3.91. The van der Waals surface area contributed by atoms with E-state index >= 15 is 0 Å². The van der Waals surface area contributed by atoms with Crippen molar-refractivity contribution in [3.05, 3.63) is 84.6 Å². The summed E-state index contributed by atoms with van der Waals surface area (Å²) < 4.78 is 11.2. The summed E-state index contributed by atoms with van der Waals surface area (Å²) in [5.74, 6) is 1.61. The lowest BCUT2D eigenvalue weighted by molar-refractivity contribution is 0.306. The molecule has 2 aromatic heterocycles. The fourth-order valence-electron chi connectivity index (χ4n) is 2.49. The lowest BCUT2D eigenvalue weighted by Crippen LogP contribution is -1.94. The second-order valence-corrected chi connectivity index (χ2v) is 5.44. The maximum Gasteiger partial charge on any atom is 0.151 e. The Labute approximate surface area is 139 Å². The van der Waals surface area contributed by atoms with Crippen LogP contribution >= 0.6 is 0 Å². The minimum absolute atomic E-state index is 0.561. The number of aromatic nitrogens is 2. The van der Waals surface area contributed by atoms with Crippen LogP contribution in [0.15, 0.2) is 83.5 Å². The van der Waals surface area contributed by atoms with Gasteiger partial charge >= 0.3 is 0 Å². The second kappa shape index (κ2) is 6.46. The predicted octanol–water partition coefficient (Wildman–Crippen LogP) is 4.92. The number of rotatable bonds is 5. The topological polar surface area (TPSA) is 51.0 Å². The van der Waals surface area contributed by atoms with E-state index in [1.165, 1.54) is 0 Å². The minimum Gasteiger partial charge on any atom is -0.489 e. The average molecular weight is 316 g/mol. The van der Waals surface area contributed by atoms with Gasteiger partial charge in [0.25, 0.3) is 0 Å². The van der Waals surface area contributed by atoms with E-state index in [0.717, 1.165) is 34.0 Å². The molecule has 4 rings (SSSR count). The van der Waals surface area contributed by atoms with Gasteiger partial charge in [-0.1, -0.05) is 30.3 Å². The number of furan rings is 1. The maximum atomic E-state index is 5.80. The van der Waals surface area contributed by atoms with Crippen molar-refractivity contribution in [2.45, 2.75) is 6.61 Å². The molecule has 0 aliphatic rings. The molecule has 0 saturated carbocycles. The fraction of sp³-hybridized carbons (Fsp3) is 0.0500. The molecule has 0 saturated heterocycles. The van der Waals surface area contributed by atoms with Gasteiger partial charge in [0.15, 0.2) is 5.76 Å². The Balaban J connectivity index is 1.46. The number of hydrogen-bond donors (Lipinski definition) is 1. The van der Waals surface area contributed by atoms with Crippen LogP contribution in [-0.4, -0.2) is 10.2 Å². The monoisotopic (exact) mass is 316 g/mol. The molecule has 1 N–H and O–H groups in total. The van der Waals surface area contributed by atoms with Crippen LogP contribution in [0.25, 0.3) is 22.7 Å². The molecule has 0 bridgehead atoms. The van der Waals surface area contributed by atoms with E-state index in [9.17, 15) is 0 Å². The van der Waals surface area contributed by atoms with Crippen molar-refractivity contribution in [3.8, 4) is 28.5 Å². The van der Waals surface area contributed by atoms with Crippen molar-refractivity contribution < 1.29 is 9.15 Å². The molecule has 0 spiro atoms. The zero-order chi connectivity index (χ0) is 16.2. The first-order valence-corrected chi connectivity index (χ1v) is 7.75. The summed E-state index contributed by atoms with van der Waals surface area (Å²) in [6.45, 7) is 0.561. The highest BCUT2D eigenvalue weighted by atomic mass is 16.5. The highest BCUT2D eigenvalue weighted by molar-refractivity contribution is 5.66. The largest absolute Gasteiger partial charge is 0.489 e. The third-order valence-corrected chi connectivity index (χ3v) is 3.76. The van der Waals surface area contributed by atoms with Gasteiger partial charge in [-0.25, -0.2) is 0 Å². The number of nitrogens with one attached hydrogen (secondary N) is 1. The Bertz CT molecular complexity index is 894. The van der Waals surface area contributed by atoms with E-state index in [1.54, 1.807) is 6.26 Å². The standard InChI is InChI=1S/C20H16N2O2/c1-2-5-15(6-3-1)14-24-17-10-8-16(9-11-17)18-13-19(22-21-18)20-7-4-12-23-20/h1-13H,14H2,(H,21,22). The third-order valence-electron chi connectivity index (χ3n) is 3.76. The third kappa shape index (κ3) is 3.08. The summed E-state index contributed by atoms with van der Waals surface area (Å²) in [7, 11) is 0. The molecule has 4 aromatic rings. The molecule has 0 fully saturated rings. The SMILES string of the molecule is c1ccc(COc2ccc(-c3cc(-c4ccco4)[nH]n3)cc2)cc1. The van der Waals surface area contributed by atoms with Crippen molar-refractivity contribution in [1.29, 1.82) is 0 Å². The minimum atomic E-state index is 0.561. The van der Waals surface area contributed by atoms with Gasteiger partial charge in [-0.15, -0.1) is 0 Å². The van der Waals surface area contributed by atoms with Gasteiger partial charge < -0.3 is 9.15 Å². The first-order valence-electron chi connectivity index (χ1n) is 7.75. The van der Waals surface area contributed by atoms with Crippen molar-refractivity contribution in [2.75, 3.05) is 0 Å². The zero-order valence-corrected chi connectivity index (χ0v) is 13.0. The van der Waals surface area contributed by atoms with Crippen LogP contribution in [0.5, 0.6) is 5.75 Å². The molecular formula is C20H16N2O2. The van der Waals surface area contributed by atoms with Crippen LogP contribution in [0.1, 0.15) is 5.56 Å². The fourth-order valence-corrected chi connectivity index (χ4v) is 2.49. The van der Waals surface area contributed by atoms with E-state index < -0.39 is 0 Å². The van der Waals surface area contributed by atoms with Gasteiger partial charge in [-0.05, 0) is 48.0 Å². The van der Waals surface area contributed by atoms with Crippen molar-refractivity contribution in [3.63, 3.8) is 0 Å². The highest BCUT2D eigenvalue weighted by Gasteiger charge is 2.07. The van der Waals surface area contributed by atoms with Gasteiger partial charge in [0.2, 0.25) is 0 Å². The molecule has 0 aliphatic carbocycles. The van der Waals surface area contributed by atoms with Crippen molar-refractivity contribution >= 4 is 0 Å². The second-order valence-electron chi connectivity index (χ2n) is 5.44. The molecule has 4 nitrogen and oxygen atoms in total. The molecule has 2 heterocycles. The van der Waals surface area contributed by atoms with Crippen LogP contribution in [0, 0.1) is 0 Å². The molecule has 118 valence electrons. The Kier molecular flexibility index (Phi) is 3.86. The van der Waals surface area contributed by atoms with E-state index in [1.807, 2.05) is 72.8 Å². The van der Waals surface area contributed by atoms with Crippen LogP contribution in [0.3, 0.4) is 0 Å². The average Bonchev–Trinajstić information content (AvgIpc) is 3.33. The molecule has 0 radical (unpaired) electrons. The number of nitrogens with zero attached hydrogens (tertiary/aromatic N) is 1. The van der Waals surface area contributed by atoms with Gasteiger partial charge in [0, 0.05) is 5.56 Å². The Morgan fingerprint density at radius 3 is 2.50 bits per heavy atom. The molecule has 0 atom stereocenters. The van der Waals surface area contributed by atoms with E-state index in [0.29, 0.717) is 6.61 Å². The van der Waals surface area contributed by atoms with Gasteiger partial charge in [0.1, 0.15) is 18.1 Å². The number of hydrogen-bond acceptors (Lipinski definition) is 3. The summed E-state index contributed by atoms with van der Waals surface area (Å²) in [5, 5.41) is 7.33. The van der Waals surface area contributed by atoms with Gasteiger partial charge in [-0.2, -0.15) is 5.10 Å². The zero-order valence-electron chi connectivity index (χ0n) is 13.0. The van der Waals surface area contributed by atoms with Crippen LogP contribution in [0.4, 0.5) is 0 Å². The molecular weight excluding hydrogens is 300 g/mol. The molecule has 0 aliphatic heterocycles. The van der Waals surface area contributed by atoms with Crippen molar-refractivity contribution in [1.82, 2.24) is 10.2 Å². The molecule has 4 heteroatoms. The number of H-pyrrole nitrogens is 1. The Morgan fingerprint density at radius 1 is 0.917 bits per heavy atom. The highest BCUT2D eigenvalue weighted by Crippen LogP contribution is 2.25. The van der Waals surface area contributed by atoms with E-state index in [2.05, 4.69) is 10.2 Å². The van der Waals surface area contributed by atoms with Crippen LogP contribution in [-0.2, 0) is 6.61 Å². The first-order chi connectivity index (χ1) is 11.9. The Morgan fingerprint density at radius 2 is 1.75 bits per heavy atom. The van der Waals surface area contributed by atoms with Crippen molar-refractivity contribution in [2.24, 2.45) is 0 Å². The number of benzene rings is 2. The van der Waals surface area contributed by atoms with Crippen LogP contribution < -0.4 is 4.74 Å². The summed E-state index contributed by atoms with van der Waals surface area (Å²) in [4.78, 5) is 0. The summed E-state index contributed by atoms with van der Waals surface area (Å²) >= 11 is 0. The van der Waals surface area contributed by atoms with E-state index in [-0.39, 0.29) is 0 Å². The molecule has 24 heavy (non-hydrogen) atoms. The summed E-state index contributed by atoms with van der Waals surface area (Å²) in [6.07, 6.45) is 1.65. The summed E-state index contributed by atoms with van der Waals surface area (Å²) in [6, 6.07) is 23.8. The quantitative estimate of drug-likeness (QED) is 0.569. The predicted molar refractivity (Wildman–Crippen MR) is 92.5 cm³/mol. The first kappa shape index (κ1) is 14.3. The number of aromatic amines is 1. The van der Waals surface area contributed by atoms with Crippen LogP contribution in [0.2, 0.25) is 0 Å². The normalized spacial score (nSPS) is 10.7. The lowest BCUT2D eigenvalue weighted by atomic mass is 10.1. The van der Waals surface area contributed by atoms with E-state index in [4.69, 9.17) is 9.15 Å². The maximum absolute atomic E-state index is 5.80. The Hall–Kier alpha value is -3.27. The molecule has 0 amide bonds. The molecule has 0 unspecified atom stereocenters. The number of ether oxygens (including phenoxy) is 1.